The second kappa shape index (κ2) is 6.83. The van der Waals surface area contributed by atoms with Gasteiger partial charge in [-0.15, -0.1) is 11.6 Å². The van der Waals surface area contributed by atoms with Gasteiger partial charge in [-0.25, -0.2) is 8.78 Å². The first kappa shape index (κ1) is 15.7. The standard InChI is InChI=1S/C13H14BrClF2N2O/c14-9-7-10(16)12(11(17)8-9)13(20)19-5-3-18(2-1-15)4-6-19/h7-8H,1-6H2. The lowest BCUT2D eigenvalue weighted by Crippen LogP contribution is -2.49. The van der Waals surface area contributed by atoms with Gasteiger partial charge in [0.1, 0.15) is 17.2 Å². The molecule has 0 N–H and O–H groups in total. The van der Waals surface area contributed by atoms with Crippen LogP contribution in [0.2, 0.25) is 0 Å². The highest BCUT2D eigenvalue weighted by Gasteiger charge is 2.26. The van der Waals surface area contributed by atoms with Crippen LogP contribution in [-0.2, 0) is 0 Å². The highest BCUT2D eigenvalue weighted by Crippen LogP contribution is 2.21. The summed E-state index contributed by atoms with van der Waals surface area (Å²) >= 11 is 8.65. The van der Waals surface area contributed by atoms with E-state index in [2.05, 4.69) is 20.8 Å². The largest absolute Gasteiger partial charge is 0.336 e. The van der Waals surface area contributed by atoms with Gasteiger partial charge in [0, 0.05) is 43.1 Å². The average molecular weight is 368 g/mol. The third kappa shape index (κ3) is 3.48. The van der Waals surface area contributed by atoms with Crippen molar-refractivity contribution in [3.05, 3.63) is 33.8 Å². The average Bonchev–Trinajstić information content (AvgIpc) is 2.38. The summed E-state index contributed by atoms with van der Waals surface area (Å²) in [5.74, 6) is -1.75. The van der Waals surface area contributed by atoms with Crippen LogP contribution in [0.15, 0.2) is 16.6 Å². The van der Waals surface area contributed by atoms with Gasteiger partial charge >= 0.3 is 0 Å². The Balaban J connectivity index is 2.10. The van der Waals surface area contributed by atoms with Crippen molar-refractivity contribution in [2.75, 3.05) is 38.6 Å². The Labute approximate surface area is 129 Å². The summed E-state index contributed by atoms with van der Waals surface area (Å²) in [5.41, 5.74) is -0.487. The summed E-state index contributed by atoms with van der Waals surface area (Å²) in [4.78, 5) is 15.8. The van der Waals surface area contributed by atoms with Crippen molar-refractivity contribution in [2.24, 2.45) is 0 Å². The number of carbonyl (C=O) groups is 1. The summed E-state index contributed by atoms with van der Waals surface area (Å²) < 4.78 is 27.8. The highest BCUT2D eigenvalue weighted by molar-refractivity contribution is 9.10. The normalized spacial score (nSPS) is 16.5. The predicted octanol–water partition coefficient (Wildman–Crippen LogP) is 2.72. The third-order valence-corrected chi connectivity index (χ3v) is 3.91. The maximum atomic E-state index is 13.8. The van der Waals surface area contributed by atoms with Gasteiger partial charge in [0.15, 0.2) is 0 Å². The fourth-order valence-electron chi connectivity index (χ4n) is 2.20. The molecule has 0 atom stereocenters. The van der Waals surface area contributed by atoms with Gasteiger partial charge in [0.2, 0.25) is 0 Å². The second-order valence-electron chi connectivity index (χ2n) is 4.57. The Hall–Kier alpha value is -0.720. The lowest BCUT2D eigenvalue weighted by Gasteiger charge is -2.34. The van der Waals surface area contributed by atoms with Crippen molar-refractivity contribution < 1.29 is 13.6 Å². The van der Waals surface area contributed by atoms with Crippen molar-refractivity contribution in [1.82, 2.24) is 9.80 Å². The first-order valence-corrected chi connectivity index (χ1v) is 7.58. The Bertz CT molecular complexity index is 484. The van der Waals surface area contributed by atoms with Gasteiger partial charge in [-0.1, -0.05) is 15.9 Å². The molecule has 0 saturated carbocycles. The van der Waals surface area contributed by atoms with Crippen molar-refractivity contribution >= 4 is 33.4 Å². The third-order valence-electron chi connectivity index (χ3n) is 3.28. The topological polar surface area (TPSA) is 23.6 Å². The molecule has 1 saturated heterocycles. The van der Waals surface area contributed by atoms with Gasteiger partial charge < -0.3 is 4.90 Å². The number of carbonyl (C=O) groups excluding carboxylic acids is 1. The summed E-state index contributed by atoms with van der Waals surface area (Å²) in [6.45, 7) is 2.98. The molecule has 2 rings (SSSR count). The molecule has 1 amide bonds. The van der Waals surface area contributed by atoms with E-state index in [0.29, 0.717) is 32.1 Å². The molecule has 3 nitrogen and oxygen atoms in total. The Morgan fingerprint density at radius 2 is 1.75 bits per heavy atom. The smallest absolute Gasteiger partial charge is 0.259 e. The molecule has 110 valence electrons. The number of nitrogens with zero attached hydrogens (tertiary/aromatic N) is 2. The lowest BCUT2D eigenvalue weighted by atomic mass is 10.1. The molecule has 7 heteroatoms. The molecule has 1 aliphatic heterocycles. The van der Waals surface area contributed by atoms with Crippen LogP contribution < -0.4 is 0 Å². The zero-order chi connectivity index (χ0) is 14.7. The zero-order valence-electron chi connectivity index (χ0n) is 10.7. The van der Waals surface area contributed by atoms with Crippen molar-refractivity contribution in [3.8, 4) is 0 Å². The molecule has 0 spiro atoms. The molecule has 0 radical (unpaired) electrons. The first-order valence-electron chi connectivity index (χ1n) is 6.25. The van der Waals surface area contributed by atoms with Crippen LogP contribution in [0.4, 0.5) is 8.78 Å². The number of halogens is 4. The van der Waals surface area contributed by atoms with E-state index in [-0.39, 0.29) is 4.47 Å². The van der Waals surface area contributed by atoms with Crippen molar-refractivity contribution in [3.63, 3.8) is 0 Å². The molecule has 1 aromatic rings. The van der Waals surface area contributed by atoms with Gasteiger partial charge in [0.25, 0.3) is 5.91 Å². The van der Waals surface area contributed by atoms with Crippen LogP contribution in [0.25, 0.3) is 0 Å². The van der Waals surface area contributed by atoms with E-state index in [4.69, 9.17) is 11.6 Å². The number of alkyl halides is 1. The minimum Gasteiger partial charge on any atom is -0.336 e. The van der Waals surface area contributed by atoms with Gasteiger partial charge in [-0.05, 0) is 12.1 Å². The number of benzene rings is 1. The first-order chi connectivity index (χ1) is 9.52. The van der Waals surface area contributed by atoms with E-state index in [0.717, 1.165) is 18.7 Å². The van der Waals surface area contributed by atoms with E-state index in [1.807, 2.05) is 0 Å². The summed E-state index contributed by atoms with van der Waals surface area (Å²) in [6, 6.07) is 2.19. The summed E-state index contributed by atoms with van der Waals surface area (Å²) in [7, 11) is 0. The Morgan fingerprint density at radius 1 is 1.20 bits per heavy atom. The van der Waals surface area contributed by atoms with E-state index < -0.39 is 23.1 Å². The maximum absolute atomic E-state index is 13.8. The SMILES string of the molecule is O=C(c1c(F)cc(Br)cc1F)N1CCN(CCCl)CC1. The van der Waals surface area contributed by atoms with Gasteiger partial charge in [0.05, 0.1) is 0 Å². The second-order valence-corrected chi connectivity index (χ2v) is 5.86. The predicted molar refractivity (Wildman–Crippen MR) is 77.1 cm³/mol. The number of amides is 1. The Kier molecular flexibility index (Phi) is 5.35. The van der Waals surface area contributed by atoms with Crippen LogP contribution in [0, 0.1) is 11.6 Å². The summed E-state index contributed by atoms with van der Waals surface area (Å²) in [6.07, 6.45) is 0. The zero-order valence-corrected chi connectivity index (χ0v) is 13.1. The molecule has 0 bridgehead atoms. The molecule has 1 heterocycles. The van der Waals surface area contributed by atoms with E-state index in [1.54, 1.807) is 0 Å². The van der Waals surface area contributed by atoms with Crippen LogP contribution in [0.1, 0.15) is 10.4 Å². The van der Waals surface area contributed by atoms with Crippen LogP contribution in [0.5, 0.6) is 0 Å². The van der Waals surface area contributed by atoms with E-state index in [9.17, 15) is 13.6 Å². The number of hydrogen-bond donors (Lipinski definition) is 0. The molecule has 1 fully saturated rings. The van der Waals surface area contributed by atoms with E-state index in [1.165, 1.54) is 4.90 Å². The van der Waals surface area contributed by atoms with E-state index >= 15 is 0 Å². The molecule has 0 unspecified atom stereocenters. The van der Waals surface area contributed by atoms with Crippen molar-refractivity contribution in [2.45, 2.75) is 0 Å². The molecule has 0 aromatic heterocycles. The molecular formula is C13H14BrClF2N2O. The fourth-order valence-corrected chi connectivity index (χ4v) is 2.84. The van der Waals surface area contributed by atoms with Gasteiger partial charge in [-0.3, -0.25) is 9.69 Å². The van der Waals surface area contributed by atoms with Gasteiger partial charge in [-0.2, -0.15) is 0 Å². The molecule has 20 heavy (non-hydrogen) atoms. The molecular weight excluding hydrogens is 354 g/mol. The minimum absolute atomic E-state index is 0.274. The van der Waals surface area contributed by atoms with Crippen LogP contribution >= 0.6 is 27.5 Å². The number of hydrogen-bond acceptors (Lipinski definition) is 2. The highest BCUT2D eigenvalue weighted by atomic mass is 79.9. The lowest BCUT2D eigenvalue weighted by molar-refractivity contribution is 0.0634. The Morgan fingerprint density at radius 3 is 2.25 bits per heavy atom. The quantitative estimate of drug-likeness (QED) is 0.767. The number of piperazine rings is 1. The summed E-state index contributed by atoms with van der Waals surface area (Å²) in [5, 5.41) is 0. The monoisotopic (exact) mass is 366 g/mol. The minimum atomic E-state index is -0.843. The maximum Gasteiger partial charge on any atom is 0.259 e. The fraction of sp³-hybridized carbons (Fsp3) is 0.462. The number of rotatable bonds is 3. The van der Waals surface area contributed by atoms with Crippen LogP contribution in [-0.4, -0.2) is 54.3 Å². The van der Waals surface area contributed by atoms with Crippen molar-refractivity contribution in [1.29, 1.82) is 0 Å². The molecule has 0 aliphatic carbocycles. The molecule has 1 aromatic carbocycles. The molecule has 1 aliphatic rings. The van der Waals surface area contributed by atoms with Crippen LogP contribution in [0.3, 0.4) is 0 Å².